The smallest absolute Gasteiger partial charge is 0.260 e. The summed E-state index contributed by atoms with van der Waals surface area (Å²) in [6, 6.07) is 6.46. The average molecular weight is 246 g/mol. The standard InChI is InChI=1S/C13H14N2O3/c1-9(11-6-4-8-18-11)15(2)13(17)10-5-3-7-14-12(10)16/h3-9H,1-2H3,(H,14,16). The van der Waals surface area contributed by atoms with E-state index in [4.69, 9.17) is 4.42 Å². The predicted octanol–water partition coefficient (Wildman–Crippen LogP) is 1.80. The summed E-state index contributed by atoms with van der Waals surface area (Å²) in [5.74, 6) is 0.346. The van der Waals surface area contributed by atoms with Crippen LogP contribution in [0.3, 0.4) is 0 Å². The molecule has 0 aliphatic rings. The quantitative estimate of drug-likeness (QED) is 0.898. The summed E-state index contributed by atoms with van der Waals surface area (Å²) in [5.41, 5.74) is -0.264. The van der Waals surface area contributed by atoms with Crippen LogP contribution < -0.4 is 5.56 Å². The van der Waals surface area contributed by atoms with Crippen molar-refractivity contribution in [3.8, 4) is 0 Å². The number of furan rings is 1. The third kappa shape index (κ3) is 2.20. The molecule has 0 bridgehead atoms. The lowest BCUT2D eigenvalue weighted by Crippen LogP contribution is -2.33. The number of carbonyl (C=O) groups excluding carboxylic acids is 1. The first-order valence-corrected chi connectivity index (χ1v) is 5.59. The molecule has 2 rings (SSSR count). The number of H-pyrrole nitrogens is 1. The summed E-state index contributed by atoms with van der Waals surface area (Å²) in [6.45, 7) is 1.84. The highest BCUT2D eigenvalue weighted by atomic mass is 16.3. The van der Waals surface area contributed by atoms with E-state index in [2.05, 4.69) is 4.98 Å². The molecule has 0 aliphatic heterocycles. The van der Waals surface area contributed by atoms with Crippen molar-refractivity contribution in [2.45, 2.75) is 13.0 Å². The molecule has 1 amide bonds. The summed E-state index contributed by atoms with van der Waals surface area (Å²) in [4.78, 5) is 27.7. The van der Waals surface area contributed by atoms with E-state index >= 15 is 0 Å². The molecule has 1 atom stereocenters. The molecule has 94 valence electrons. The number of pyridine rings is 1. The fourth-order valence-electron chi connectivity index (χ4n) is 1.68. The fraction of sp³-hybridized carbons (Fsp3) is 0.231. The highest BCUT2D eigenvalue weighted by molar-refractivity contribution is 5.93. The van der Waals surface area contributed by atoms with Crippen LogP contribution in [0.25, 0.3) is 0 Å². The number of hydrogen-bond acceptors (Lipinski definition) is 3. The SMILES string of the molecule is CC(c1ccco1)N(C)C(=O)c1ccc[nH]c1=O. The number of amides is 1. The molecule has 18 heavy (non-hydrogen) atoms. The first-order chi connectivity index (χ1) is 8.61. The molecule has 2 heterocycles. The van der Waals surface area contributed by atoms with Crippen LogP contribution in [0.15, 0.2) is 45.9 Å². The maximum absolute atomic E-state index is 12.2. The highest BCUT2D eigenvalue weighted by Gasteiger charge is 2.22. The molecule has 0 saturated heterocycles. The third-order valence-electron chi connectivity index (χ3n) is 2.90. The Bertz CT molecular complexity index is 586. The van der Waals surface area contributed by atoms with Crippen LogP contribution in [0.2, 0.25) is 0 Å². The molecular formula is C13H14N2O3. The Morgan fingerprint density at radius 1 is 1.39 bits per heavy atom. The lowest BCUT2D eigenvalue weighted by atomic mass is 10.2. The van der Waals surface area contributed by atoms with Gasteiger partial charge in [0.05, 0.1) is 12.3 Å². The van der Waals surface area contributed by atoms with E-state index in [0.29, 0.717) is 5.76 Å². The van der Waals surface area contributed by atoms with Crippen LogP contribution in [0, 0.1) is 0 Å². The Hall–Kier alpha value is -2.30. The van der Waals surface area contributed by atoms with E-state index in [1.54, 1.807) is 31.5 Å². The number of nitrogens with zero attached hydrogens (tertiary/aromatic N) is 1. The van der Waals surface area contributed by atoms with Gasteiger partial charge in [0.15, 0.2) is 0 Å². The molecule has 0 spiro atoms. The van der Waals surface area contributed by atoms with Crippen LogP contribution in [-0.2, 0) is 0 Å². The number of carbonyl (C=O) groups is 1. The Morgan fingerprint density at radius 3 is 2.78 bits per heavy atom. The number of hydrogen-bond donors (Lipinski definition) is 1. The van der Waals surface area contributed by atoms with Gasteiger partial charge in [0, 0.05) is 13.2 Å². The van der Waals surface area contributed by atoms with Crippen LogP contribution >= 0.6 is 0 Å². The van der Waals surface area contributed by atoms with Crippen LogP contribution in [-0.4, -0.2) is 22.8 Å². The van der Waals surface area contributed by atoms with Crippen molar-refractivity contribution in [3.63, 3.8) is 0 Å². The molecule has 2 aromatic rings. The topological polar surface area (TPSA) is 66.3 Å². The van der Waals surface area contributed by atoms with Gasteiger partial charge in [-0.3, -0.25) is 9.59 Å². The van der Waals surface area contributed by atoms with Crippen molar-refractivity contribution >= 4 is 5.91 Å². The summed E-state index contributed by atoms with van der Waals surface area (Å²) in [7, 11) is 1.64. The normalized spacial score (nSPS) is 12.1. The van der Waals surface area contributed by atoms with E-state index < -0.39 is 0 Å². The largest absolute Gasteiger partial charge is 0.467 e. The highest BCUT2D eigenvalue weighted by Crippen LogP contribution is 2.20. The Labute approximate surface area is 104 Å². The van der Waals surface area contributed by atoms with Gasteiger partial charge in [-0.1, -0.05) is 0 Å². The van der Waals surface area contributed by atoms with Gasteiger partial charge < -0.3 is 14.3 Å². The summed E-state index contributed by atoms with van der Waals surface area (Å²) in [6.07, 6.45) is 3.05. The third-order valence-corrected chi connectivity index (χ3v) is 2.90. The van der Waals surface area contributed by atoms with Gasteiger partial charge in [-0.15, -0.1) is 0 Å². The fourth-order valence-corrected chi connectivity index (χ4v) is 1.68. The van der Waals surface area contributed by atoms with Gasteiger partial charge in [0.25, 0.3) is 11.5 Å². The molecule has 0 aliphatic carbocycles. The van der Waals surface area contributed by atoms with E-state index in [-0.39, 0.29) is 23.1 Å². The number of aromatic nitrogens is 1. The van der Waals surface area contributed by atoms with Crippen LogP contribution in [0.1, 0.15) is 29.1 Å². The number of nitrogens with one attached hydrogen (secondary N) is 1. The Kier molecular flexibility index (Phi) is 3.32. The molecule has 5 heteroatoms. The molecular weight excluding hydrogens is 232 g/mol. The zero-order valence-corrected chi connectivity index (χ0v) is 10.2. The lowest BCUT2D eigenvalue weighted by Gasteiger charge is -2.22. The molecule has 1 unspecified atom stereocenters. The molecule has 0 radical (unpaired) electrons. The molecule has 1 N–H and O–H groups in total. The predicted molar refractivity (Wildman–Crippen MR) is 66.3 cm³/mol. The van der Waals surface area contributed by atoms with Gasteiger partial charge in [-0.05, 0) is 31.2 Å². The number of rotatable bonds is 3. The van der Waals surface area contributed by atoms with E-state index in [9.17, 15) is 9.59 Å². The maximum Gasteiger partial charge on any atom is 0.260 e. The minimum absolute atomic E-state index is 0.124. The Morgan fingerprint density at radius 2 is 2.17 bits per heavy atom. The Balaban J connectivity index is 2.25. The van der Waals surface area contributed by atoms with Gasteiger partial charge in [0.1, 0.15) is 11.3 Å². The lowest BCUT2D eigenvalue weighted by molar-refractivity contribution is 0.0724. The monoisotopic (exact) mass is 246 g/mol. The first-order valence-electron chi connectivity index (χ1n) is 5.59. The summed E-state index contributed by atoms with van der Waals surface area (Å²) < 4.78 is 5.25. The van der Waals surface area contributed by atoms with Crippen LogP contribution in [0.5, 0.6) is 0 Å². The zero-order chi connectivity index (χ0) is 13.1. The average Bonchev–Trinajstić information content (AvgIpc) is 2.90. The molecule has 0 fully saturated rings. The zero-order valence-electron chi connectivity index (χ0n) is 10.2. The van der Waals surface area contributed by atoms with Crippen molar-refractivity contribution in [3.05, 3.63) is 58.4 Å². The van der Waals surface area contributed by atoms with E-state index in [1.165, 1.54) is 17.2 Å². The molecule has 0 aromatic carbocycles. The van der Waals surface area contributed by atoms with Gasteiger partial charge >= 0.3 is 0 Å². The second-order valence-electron chi connectivity index (χ2n) is 4.02. The number of aromatic amines is 1. The van der Waals surface area contributed by atoms with Gasteiger partial charge in [0.2, 0.25) is 0 Å². The second kappa shape index (κ2) is 4.91. The first kappa shape index (κ1) is 12.2. The molecule has 0 saturated carbocycles. The minimum Gasteiger partial charge on any atom is -0.467 e. The summed E-state index contributed by atoms with van der Waals surface area (Å²) >= 11 is 0. The van der Waals surface area contributed by atoms with Crippen LogP contribution in [0.4, 0.5) is 0 Å². The summed E-state index contributed by atoms with van der Waals surface area (Å²) in [5, 5.41) is 0. The van der Waals surface area contributed by atoms with Crippen molar-refractivity contribution in [2.24, 2.45) is 0 Å². The maximum atomic E-state index is 12.2. The van der Waals surface area contributed by atoms with Gasteiger partial charge in [-0.2, -0.15) is 0 Å². The van der Waals surface area contributed by atoms with Crippen molar-refractivity contribution in [2.75, 3.05) is 7.05 Å². The van der Waals surface area contributed by atoms with E-state index in [1.807, 2.05) is 6.92 Å². The van der Waals surface area contributed by atoms with E-state index in [0.717, 1.165) is 0 Å². The van der Waals surface area contributed by atoms with Gasteiger partial charge in [-0.25, -0.2) is 0 Å². The molecule has 2 aromatic heterocycles. The van der Waals surface area contributed by atoms with Crippen molar-refractivity contribution in [1.82, 2.24) is 9.88 Å². The minimum atomic E-state index is -0.388. The molecule has 5 nitrogen and oxygen atoms in total. The van der Waals surface area contributed by atoms with Crippen molar-refractivity contribution in [1.29, 1.82) is 0 Å². The van der Waals surface area contributed by atoms with Crippen molar-refractivity contribution < 1.29 is 9.21 Å². The second-order valence-corrected chi connectivity index (χ2v) is 4.02.